The zero-order valence-electron chi connectivity index (χ0n) is 12.7. The van der Waals surface area contributed by atoms with Crippen LogP contribution in [-0.2, 0) is 11.1 Å². The van der Waals surface area contributed by atoms with E-state index in [0.29, 0.717) is 22.6 Å². The monoisotopic (exact) mass is 385 g/mol. The fourth-order valence-corrected chi connectivity index (χ4v) is 2.94. The van der Waals surface area contributed by atoms with Gasteiger partial charge in [0.05, 0.1) is 12.9 Å². The Hall–Kier alpha value is -2.19. The third-order valence-electron chi connectivity index (χ3n) is 3.53. The van der Waals surface area contributed by atoms with E-state index in [4.69, 9.17) is 27.1 Å². The molecule has 2 aromatic rings. The average Bonchev–Trinajstić information content (AvgIpc) is 2.91. The lowest BCUT2D eigenvalue weighted by Gasteiger charge is -2.17. The van der Waals surface area contributed by atoms with Crippen LogP contribution in [0.2, 0.25) is 0 Å². The number of imidazole rings is 1. The number of guanidine groups is 1. The minimum atomic E-state index is -4.94. The Bertz CT molecular complexity index is 923. The van der Waals surface area contributed by atoms with Gasteiger partial charge in [-0.05, 0) is 17.2 Å². The lowest BCUT2D eigenvalue weighted by molar-refractivity contribution is 0.369. The van der Waals surface area contributed by atoms with Crippen LogP contribution in [0, 0.1) is 0 Å². The fraction of sp³-hybridized carbons (Fsp3) is 0.143. The number of benzene rings is 1. The highest BCUT2D eigenvalue weighted by molar-refractivity contribution is 7.56. The van der Waals surface area contributed by atoms with Crippen LogP contribution in [0.4, 0.5) is 10.2 Å². The Morgan fingerprint density at radius 2 is 2.20 bits per heavy atom. The van der Waals surface area contributed by atoms with Gasteiger partial charge in [-0.15, -0.1) is 0 Å². The number of hydrogen-bond acceptors (Lipinski definition) is 5. The first-order valence-electron chi connectivity index (χ1n) is 7.06. The van der Waals surface area contributed by atoms with Gasteiger partial charge in [0.25, 0.3) is 0 Å². The standard InChI is InChI=1S/C14H14ClFN5O3P/c15-12-11-13(20-14(17)19-12)21(7-18-11)6-9-4-2-1-3-8(9)5-10(16)25(22,23)24/h1-5,7,12H,6H2,(H3,17,19,20)(H2,22,23,24). The number of rotatable bonds is 4. The van der Waals surface area contributed by atoms with Crippen LogP contribution in [0.25, 0.3) is 6.08 Å². The highest BCUT2D eigenvalue weighted by Gasteiger charge is 2.24. The fourth-order valence-electron chi connectivity index (χ4n) is 2.37. The SMILES string of the molecule is NC1=Nc2c(ncn2Cc2ccccc2C=C(F)P(=O)(O)O)C(Cl)N1. The van der Waals surface area contributed by atoms with Crippen molar-refractivity contribution in [1.82, 2.24) is 14.9 Å². The first kappa shape index (κ1) is 17.6. The smallest absolute Gasteiger partial charge is 0.370 e. The molecule has 1 atom stereocenters. The second kappa shape index (κ2) is 6.61. The molecule has 11 heteroatoms. The summed E-state index contributed by atoms with van der Waals surface area (Å²) < 4.78 is 26.3. The maximum Gasteiger partial charge on any atom is 0.384 e. The predicted molar refractivity (Wildman–Crippen MR) is 91.9 cm³/mol. The van der Waals surface area contributed by atoms with Crippen LogP contribution in [0.15, 0.2) is 41.2 Å². The van der Waals surface area contributed by atoms with Crippen molar-refractivity contribution >= 4 is 37.1 Å². The third kappa shape index (κ3) is 3.74. The van der Waals surface area contributed by atoms with Gasteiger partial charge in [0, 0.05) is 0 Å². The van der Waals surface area contributed by atoms with E-state index in [1.807, 2.05) is 0 Å². The number of alkyl halides is 1. The van der Waals surface area contributed by atoms with Gasteiger partial charge in [-0.2, -0.15) is 9.38 Å². The molecule has 1 unspecified atom stereocenters. The minimum Gasteiger partial charge on any atom is -0.370 e. The highest BCUT2D eigenvalue weighted by Crippen LogP contribution is 2.46. The van der Waals surface area contributed by atoms with E-state index in [1.54, 1.807) is 28.8 Å². The second-order valence-electron chi connectivity index (χ2n) is 5.30. The van der Waals surface area contributed by atoms with Crippen LogP contribution in [0.5, 0.6) is 0 Å². The van der Waals surface area contributed by atoms with Crippen molar-refractivity contribution in [3.8, 4) is 0 Å². The van der Waals surface area contributed by atoms with Gasteiger partial charge in [0.1, 0.15) is 5.69 Å². The molecule has 0 amide bonds. The van der Waals surface area contributed by atoms with E-state index in [1.165, 1.54) is 6.33 Å². The van der Waals surface area contributed by atoms with Crippen molar-refractivity contribution in [2.45, 2.75) is 12.0 Å². The number of nitrogens with one attached hydrogen (secondary N) is 1. The van der Waals surface area contributed by atoms with E-state index >= 15 is 0 Å². The summed E-state index contributed by atoms with van der Waals surface area (Å²) in [6.07, 6.45) is 2.34. The molecule has 132 valence electrons. The van der Waals surface area contributed by atoms with Crippen molar-refractivity contribution in [3.63, 3.8) is 0 Å². The molecule has 0 saturated heterocycles. The summed E-state index contributed by atoms with van der Waals surface area (Å²) in [6.45, 7) is 0.240. The predicted octanol–water partition coefficient (Wildman–Crippen LogP) is 2.16. The molecule has 8 nitrogen and oxygen atoms in total. The van der Waals surface area contributed by atoms with E-state index in [9.17, 15) is 8.96 Å². The number of aliphatic imine (C=N–C) groups is 1. The summed E-state index contributed by atoms with van der Waals surface area (Å²) in [5.74, 6) is 0.612. The molecule has 0 radical (unpaired) electrons. The van der Waals surface area contributed by atoms with Crippen LogP contribution in [0.1, 0.15) is 22.3 Å². The Kier molecular flexibility index (Phi) is 4.66. The van der Waals surface area contributed by atoms with Crippen LogP contribution in [0.3, 0.4) is 0 Å². The molecule has 1 aromatic heterocycles. The first-order chi connectivity index (χ1) is 11.8. The molecule has 0 fully saturated rings. The van der Waals surface area contributed by atoms with Crippen molar-refractivity contribution in [2.24, 2.45) is 10.7 Å². The van der Waals surface area contributed by atoms with Crippen molar-refractivity contribution < 1.29 is 18.7 Å². The Morgan fingerprint density at radius 1 is 1.48 bits per heavy atom. The molecular weight excluding hydrogens is 372 g/mol. The van der Waals surface area contributed by atoms with Gasteiger partial charge in [-0.3, -0.25) is 4.57 Å². The number of hydrogen-bond donors (Lipinski definition) is 4. The summed E-state index contributed by atoms with van der Waals surface area (Å²) in [7, 11) is -4.94. The van der Waals surface area contributed by atoms with Crippen molar-refractivity contribution in [2.75, 3.05) is 0 Å². The number of nitrogens with two attached hydrogens (primary N) is 1. The van der Waals surface area contributed by atoms with E-state index < -0.39 is 18.7 Å². The molecular formula is C14H14ClFN5O3P. The Morgan fingerprint density at radius 3 is 2.92 bits per heavy atom. The van der Waals surface area contributed by atoms with Crippen LogP contribution in [-0.4, -0.2) is 25.3 Å². The molecule has 25 heavy (non-hydrogen) atoms. The zero-order chi connectivity index (χ0) is 18.2. The molecule has 1 aliphatic rings. The van der Waals surface area contributed by atoms with Gasteiger partial charge >= 0.3 is 7.60 Å². The van der Waals surface area contributed by atoms with E-state index in [0.717, 1.165) is 6.08 Å². The lowest BCUT2D eigenvalue weighted by Crippen LogP contribution is -2.35. The molecule has 0 aliphatic carbocycles. The lowest BCUT2D eigenvalue weighted by atomic mass is 10.1. The quantitative estimate of drug-likeness (QED) is 0.363. The number of aromatic nitrogens is 2. The van der Waals surface area contributed by atoms with Crippen LogP contribution < -0.4 is 11.1 Å². The minimum absolute atomic E-state index is 0.148. The van der Waals surface area contributed by atoms with Gasteiger partial charge in [-0.25, -0.2) is 4.98 Å². The topological polar surface area (TPSA) is 126 Å². The van der Waals surface area contributed by atoms with E-state index in [2.05, 4.69) is 15.3 Å². The van der Waals surface area contributed by atoms with Gasteiger partial charge in [-0.1, -0.05) is 35.9 Å². The van der Waals surface area contributed by atoms with Gasteiger partial charge in [0.15, 0.2) is 17.3 Å². The largest absolute Gasteiger partial charge is 0.384 e. The van der Waals surface area contributed by atoms with Crippen molar-refractivity contribution in [1.29, 1.82) is 0 Å². The maximum atomic E-state index is 13.6. The maximum absolute atomic E-state index is 13.6. The summed E-state index contributed by atoms with van der Waals surface area (Å²) in [6, 6.07) is 6.63. The Balaban J connectivity index is 1.98. The average molecular weight is 386 g/mol. The third-order valence-corrected chi connectivity index (χ3v) is 4.53. The number of nitrogens with zero attached hydrogens (tertiary/aromatic N) is 3. The molecule has 1 aromatic carbocycles. The van der Waals surface area contributed by atoms with Crippen molar-refractivity contribution in [3.05, 3.63) is 53.0 Å². The Labute approximate surface area is 147 Å². The van der Waals surface area contributed by atoms with E-state index in [-0.39, 0.29) is 12.5 Å². The summed E-state index contributed by atoms with van der Waals surface area (Å²) >= 11 is 6.12. The summed E-state index contributed by atoms with van der Waals surface area (Å²) in [5, 5.41) is 2.74. The molecule has 5 N–H and O–H groups in total. The normalized spacial score (nSPS) is 17.7. The molecule has 2 heterocycles. The van der Waals surface area contributed by atoms with Crippen LogP contribution >= 0.6 is 19.2 Å². The molecule has 3 rings (SSSR count). The molecule has 0 saturated carbocycles. The number of fused-ring (bicyclic) bond motifs is 1. The van der Waals surface area contributed by atoms with Gasteiger partial charge < -0.3 is 25.4 Å². The second-order valence-corrected chi connectivity index (χ2v) is 7.25. The summed E-state index contributed by atoms with van der Waals surface area (Å²) in [4.78, 5) is 26.2. The molecule has 1 aliphatic heterocycles. The van der Waals surface area contributed by atoms with Gasteiger partial charge in [0.2, 0.25) is 5.57 Å². The molecule has 0 bridgehead atoms. The molecule has 0 spiro atoms. The number of halogens is 2. The first-order valence-corrected chi connectivity index (χ1v) is 9.11. The highest BCUT2D eigenvalue weighted by atomic mass is 35.5. The summed E-state index contributed by atoms with van der Waals surface area (Å²) in [5.41, 5.74) is 5.01. The zero-order valence-corrected chi connectivity index (χ0v) is 14.3.